The second-order valence-electron chi connectivity index (χ2n) is 3.01. The number of methoxy groups -OCH3 is 2. The summed E-state index contributed by atoms with van der Waals surface area (Å²) < 4.78 is 24.5. The van der Waals surface area contributed by atoms with Crippen molar-refractivity contribution in [2.45, 2.75) is 6.42 Å². The Morgan fingerprint density at radius 1 is 1.38 bits per heavy atom. The molecule has 16 heavy (non-hydrogen) atoms. The van der Waals surface area contributed by atoms with Gasteiger partial charge in [0.15, 0.2) is 17.3 Å². The molecule has 0 aliphatic heterocycles. The molecule has 0 aromatic heterocycles. The van der Waals surface area contributed by atoms with Crippen LogP contribution < -0.4 is 15.4 Å². The molecule has 0 heterocycles. The zero-order valence-electron chi connectivity index (χ0n) is 9.05. The lowest BCUT2D eigenvalue weighted by Gasteiger charge is -2.13. The number of ether oxygens (including phenoxy) is 2. The zero-order chi connectivity index (χ0) is 12.1. The minimum atomic E-state index is -0.467. The number of hydrogen-bond acceptors (Lipinski definition) is 4. The average molecular weight is 294 g/mol. The van der Waals surface area contributed by atoms with E-state index < -0.39 is 5.82 Å². The van der Waals surface area contributed by atoms with Crippen molar-refractivity contribution < 1.29 is 18.7 Å². The highest BCUT2D eigenvalue weighted by molar-refractivity contribution is 9.10. The highest BCUT2D eigenvalue weighted by Crippen LogP contribution is 2.37. The van der Waals surface area contributed by atoms with Gasteiger partial charge in [-0.05, 0) is 6.07 Å². The lowest BCUT2D eigenvalue weighted by atomic mass is 10.1. The third-order valence-electron chi connectivity index (χ3n) is 2.13. The normalized spacial score (nSPS) is 10.3. The van der Waals surface area contributed by atoms with Crippen LogP contribution in [0.1, 0.15) is 5.56 Å². The summed E-state index contributed by atoms with van der Waals surface area (Å²) >= 11 is 3.26. The fraction of sp³-hybridized carbons (Fsp3) is 0.400. The van der Waals surface area contributed by atoms with Crippen LogP contribution in [0, 0.1) is 5.82 Å². The molecule has 4 nitrogen and oxygen atoms in total. The van der Waals surface area contributed by atoms with Crippen molar-refractivity contribution in [2.75, 3.05) is 20.8 Å². The Morgan fingerprint density at radius 2 is 2.06 bits per heavy atom. The van der Waals surface area contributed by atoms with E-state index in [2.05, 4.69) is 20.8 Å². The monoisotopic (exact) mass is 293 g/mol. The van der Waals surface area contributed by atoms with E-state index in [1.54, 1.807) is 6.07 Å². The molecular formula is C10H13BrFNO3. The fourth-order valence-electron chi connectivity index (χ4n) is 1.35. The predicted molar refractivity (Wildman–Crippen MR) is 61.0 cm³/mol. The van der Waals surface area contributed by atoms with Crippen LogP contribution in [0.4, 0.5) is 4.39 Å². The molecule has 6 heteroatoms. The van der Waals surface area contributed by atoms with Crippen LogP contribution in [-0.4, -0.2) is 20.8 Å². The number of benzene rings is 1. The summed E-state index contributed by atoms with van der Waals surface area (Å²) in [4.78, 5) is 4.43. The molecule has 1 aromatic rings. The Bertz CT molecular complexity index is 374. The highest BCUT2D eigenvalue weighted by atomic mass is 79.9. The van der Waals surface area contributed by atoms with Crippen molar-refractivity contribution in [1.29, 1.82) is 0 Å². The summed E-state index contributed by atoms with van der Waals surface area (Å²) in [6.07, 6.45) is 0.350. The smallest absolute Gasteiger partial charge is 0.197 e. The van der Waals surface area contributed by atoms with Crippen molar-refractivity contribution >= 4 is 15.9 Å². The van der Waals surface area contributed by atoms with Crippen LogP contribution >= 0.6 is 15.9 Å². The first-order valence-electron chi connectivity index (χ1n) is 4.56. The Hall–Kier alpha value is -0.850. The van der Waals surface area contributed by atoms with Gasteiger partial charge < -0.3 is 14.3 Å². The molecular weight excluding hydrogens is 281 g/mol. The second kappa shape index (κ2) is 6.03. The van der Waals surface area contributed by atoms with Crippen LogP contribution in [0.15, 0.2) is 10.5 Å². The minimum absolute atomic E-state index is 0.0812. The van der Waals surface area contributed by atoms with E-state index in [1.807, 2.05) is 0 Å². The van der Waals surface area contributed by atoms with E-state index in [0.29, 0.717) is 22.2 Å². The Labute approximate surface area is 102 Å². The van der Waals surface area contributed by atoms with Gasteiger partial charge >= 0.3 is 0 Å². The van der Waals surface area contributed by atoms with E-state index in [1.165, 1.54) is 14.2 Å². The first-order chi connectivity index (χ1) is 7.65. The molecule has 0 saturated carbocycles. The number of nitrogens with two attached hydrogens (primary N) is 1. The van der Waals surface area contributed by atoms with Crippen molar-refractivity contribution in [1.82, 2.24) is 0 Å². The van der Waals surface area contributed by atoms with Gasteiger partial charge in [0.05, 0.1) is 20.8 Å². The molecule has 0 unspecified atom stereocenters. The third-order valence-corrected chi connectivity index (χ3v) is 2.84. The number of halogens is 2. The molecule has 0 fully saturated rings. The van der Waals surface area contributed by atoms with Gasteiger partial charge in [-0.25, -0.2) is 10.3 Å². The van der Waals surface area contributed by atoms with Gasteiger partial charge in [0.2, 0.25) is 0 Å². The van der Waals surface area contributed by atoms with Crippen molar-refractivity contribution in [3.05, 3.63) is 21.9 Å². The Balaban J connectivity index is 3.18. The van der Waals surface area contributed by atoms with Gasteiger partial charge in [-0.3, -0.25) is 0 Å². The van der Waals surface area contributed by atoms with E-state index >= 15 is 0 Å². The quantitative estimate of drug-likeness (QED) is 0.844. The maximum absolute atomic E-state index is 14.0. The maximum atomic E-state index is 14.0. The van der Waals surface area contributed by atoms with Gasteiger partial charge in [-0.15, -0.1) is 0 Å². The van der Waals surface area contributed by atoms with Crippen LogP contribution in [0.25, 0.3) is 0 Å². The maximum Gasteiger partial charge on any atom is 0.197 e. The van der Waals surface area contributed by atoms with Gasteiger partial charge in [0, 0.05) is 16.5 Å². The number of hydrogen-bond donors (Lipinski definition) is 1. The summed E-state index contributed by atoms with van der Waals surface area (Å²) in [7, 11) is 2.84. The van der Waals surface area contributed by atoms with Crippen LogP contribution in [0.2, 0.25) is 0 Å². The predicted octanol–water partition coefficient (Wildman–Crippen LogP) is 2.04. The van der Waals surface area contributed by atoms with Gasteiger partial charge in [-0.1, -0.05) is 15.9 Å². The zero-order valence-corrected chi connectivity index (χ0v) is 10.6. The minimum Gasteiger partial charge on any atom is -0.493 e. The first kappa shape index (κ1) is 13.2. The van der Waals surface area contributed by atoms with Crippen molar-refractivity contribution in [2.24, 2.45) is 5.90 Å². The molecule has 1 rings (SSSR count). The summed E-state index contributed by atoms with van der Waals surface area (Å²) in [5.74, 6) is 4.86. The molecule has 0 radical (unpaired) electrons. The molecule has 0 aliphatic carbocycles. The van der Waals surface area contributed by atoms with Crippen LogP contribution in [0.5, 0.6) is 11.5 Å². The second-order valence-corrected chi connectivity index (χ2v) is 3.86. The molecule has 0 atom stereocenters. The largest absolute Gasteiger partial charge is 0.493 e. The standard InChI is InChI=1S/C10H13BrFNO3/c1-14-8-5-7(11)6(3-4-16-13)9(12)10(8)15-2/h5H,3-4,13H2,1-2H3. The van der Waals surface area contributed by atoms with Gasteiger partial charge in [-0.2, -0.15) is 0 Å². The molecule has 0 bridgehead atoms. The topological polar surface area (TPSA) is 53.7 Å². The van der Waals surface area contributed by atoms with Crippen molar-refractivity contribution in [3.8, 4) is 11.5 Å². The summed E-state index contributed by atoms with van der Waals surface area (Å²) in [5.41, 5.74) is 0.447. The van der Waals surface area contributed by atoms with Crippen LogP contribution in [-0.2, 0) is 11.3 Å². The van der Waals surface area contributed by atoms with Crippen LogP contribution in [0.3, 0.4) is 0 Å². The average Bonchev–Trinajstić information content (AvgIpc) is 2.28. The van der Waals surface area contributed by atoms with Gasteiger partial charge in [0.25, 0.3) is 0 Å². The van der Waals surface area contributed by atoms with E-state index in [4.69, 9.17) is 15.4 Å². The fourth-order valence-corrected chi connectivity index (χ4v) is 1.93. The van der Waals surface area contributed by atoms with Gasteiger partial charge in [0.1, 0.15) is 0 Å². The van der Waals surface area contributed by atoms with E-state index in [-0.39, 0.29) is 12.4 Å². The summed E-state index contributed by atoms with van der Waals surface area (Å²) in [5, 5.41) is 0. The Kier molecular flexibility index (Phi) is 4.98. The van der Waals surface area contributed by atoms with E-state index in [9.17, 15) is 4.39 Å². The molecule has 0 saturated heterocycles. The summed E-state index contributed by atoms with van der Waals surface area (Å²) in [6, 6.07) is 1.65. The number of rotatable bonds is 5. The molecule has 0 amide bonds. The lowest BCUT2D eigenvalue weighted by Crippen LogP contribution is -2.07. The SMILES string of the molecule is COc1cc(Br)c(CCON)c(F)c1OC. The molecule has 0 aliphatic rings. The van der Waals surface area contributed by atoms with Crippen molar-refractivity contribution in [3.63, 3.8) is 0 Å². The lowest BCUT2D eigenvalue weighted by molar-refractivity contribution is 0.140. The highest BCUT2D eigenvalue weighted by Gasteiger charge is 2.18. The van der Waals surface area contributed by atoms with E-state index in [0.717, 1.165) is 0 Å². The molecule has 90 valence electrons. The first-order valence-corrected chi connectivity index (χ1v) is 5.35. The molecule has 1 aromatic carbocycles. The third kappa shape index (κ3) is 2.63. The molecule has 0 spiro atoms. The molecule has 2 N–H and O–H groups in total. The summed E-state index contributed by atoms with van der Waals surface area (Å²) in [6.45, 7) is 0.227. The Morgan fingerprint density at radius 3 is 2.56 bits per heavy atom.